The first kappa shape index (κ1) is 12.0. The van der Waals surface area contributed by atoms with Crippen molar-refractivity contribution in [1.29, 1.82) is 0 Å². The highest BCUT2D eigenvalue weighted by molar-refractivity contribution is 5.45. The monoisotopic (exact) mass is 207 g/mol. The molecule has 0 amide bonds. The van der Waals surface area contributed by atoms with E-state index in [4.69, 9.17) is 0 Å². The van der Waals surface area contributed by atoms with Crippen LogP contribution in [0.2, 0.25) is 0 Å². The van der Waals surface area contributed by atoms with E-state index in [9.17, 15) is 0 Å². The molecule has 0 radical (unpaired) electrons. The van der Waals surface area contributed by atoms with Crippen molar-refractivity contribution in [2.45, 2.75) is 40.5 Å². The molecule has 1 heterocycles. The zero-order valence-electron chi connectivity index (χ0n) is 10.4. The van der Waals surface area contributed by atoms with Crippen LogP contribution in [0.4, 0.5) is 5.82 Å². The molecule has 3 nitrogen and oxygen atoms in total. The maximum atomic E-state index is 4.59. The van der Waals surface area contributed by atoms with Gasteiger partial charge in [0.15, 0.2) is 0 Å². The third-order valence-electron chi connectivity index (χ3n) is 2.45. The Morgan fingerprint density at radius 1 is 1.27 bits per heavy atom. The first-order valence-corrected chi connectivity index (χ1v) is 5.62. The average molecular weight is 207 g/mol. The van der Waals surface area contributed by atoms with Gasteiger partial charge in [0, 0.05) is 24.7 Å². The summed E-state index contributed by atoms with van der Waals surface area (Å²) in [5.74, 6) is 2.53. The van der Waals surface area contributed by atoms with Gasteiger partial charge in [0.05, 0.1) is 0 Å². The molecule has 0 aliphatic heterocycles. The summed E-state index contributed by atoms with van der Waals surface area (Å²) >= 11 is 0. The van der Waals surface area contributed by atoms with Crippen molar-refractivity contribution >= 4 is 5.82 Å². The van der Waals surface area contributed by atoms with Crippen molar-refractivity contribution < 1.29 is 0 Å². The minimum atomic E-state index is 0.632. The van der Waals surface area contributed by atoms with Gasteiger partial charge >= 0.3 is 0 Å². The minimum absolute atomic E-state index is 0.632. The van der Waals surface area contributed by atoms with E-state index >= 15 is 0 Å². The largest absolute Gasteiger partial charge is 0.373 e. The molecule has 0 aliphatic carbocycles. The topological polar surface area (TPSA) is 37.8 Å². The zero-order chi connectivity index (χ0) is 11.4. The van der Waals surface area contributed by atoms with Crippen molar-refractivity contribution in [2.75, 3.05) is 12.4 Å². The Bertz CT molecular complexity index is 332. The number of anilines is 1. The number of rotatable bonds is 4. The lowest BCUT2D eigenvalue weighted by molar-refractivity contribution is 0.627. The van der Waals surface area contributed by atoms with Gasteiger partial charge in [-0.1, -0.05) is 20.8 Å². The molecule has 0 aromatic carbocycles. The van der Waals surface area contributed by atoms with Crippen molar-refractivity contribution in [3.63, 3.8) is 0 Å². The number of nitrogens with zero attached hydrogens (tertiary/aromatic N) is 2. The molecular weight excluding hydrogens is 186 g/mol. The van der Waals surface area contributed by atoms with Crippen LogP contribution in [0.15, 0.2) is 0 Å². The van der Waals surface area contributed by atoms with E-state index in [0.717, 1.165) is 24.5 Å². The lowest BCUT2D eigenvalue weighted by Crippen LogP contribution is -2.09. The molecule has 1 aromatic rings. The Morgan fingerprint density at radius 3 is 2.40 bits per heavy atom. The fourth-order valence-corrected chi connectivity index (χ4v) is 1.60. The summed E-state index contributed by atoms with van der Waals surface area (Å²) in [5, 5.41) is 3.13. The highest BCUT2D eigenvalue weighted by Crippen LogP contribution is 2.18. The number of aromatic nitrogens is 2. The molecule has 0 fully saturated rings. The molecule has 0 atom stereocenters. The third kappa shape index (κ3) is 2.91. The molecule has 0 saturated carbocycles. The van der Waals surface area contributed by atoms with E-state index < -0.39 is 0 Å². The van der Waals surface area contributed by atoms with Crippen LogP contribution in [-0.4, -0.2) is 17.0 Å². The Labute approximate surface area is 92.3 Å². The van der Waals surface area contributed by atoms with Crippen LogP contribution < -0.4 is 5.32 Å². The summed E-state index contributed by atoms with van der Waals surface area (Å²) in [6.45, 7) is 8.60. The molecule has 0 saturated heterocycles. The second-order valence-corrected chi connectivity index (χ2v) is 4.26. The van der Waals surface area contributed by atoms with Crippen LogP contribution in [0.5, 0.6) is 0 Å². The van der Waals surface area contributed by atoms with E-state index in [2.05, 4.69) is 43.0 Å². The van der Waals surface area contributed by atoms with Gasteiger partial charge in [0.25, 0.3) is 0 Å². The molecular formula is C12H21N3. The summed E-state index contributed by atoms with van der Waals surface area (Å²) in [7, 11) is 1.91. The summed E-state index contributed by atoms with van der Waals surface area (Å²) < 4.78 is 0. The number of hydrogen-bond donors (Lipinski definition) is 1. The van der Waals surface area contributed by atoms with Gasteiger partial charge in [0.2, 0.25) is 0 Å². The highest BCUT2D eigenvalue weighted by atomic mass is 15.0. The van der Waals surface area contributed by atoms with E-state index in [1.165, 1.54) is 11.3 Å². The second-order valence-electron chi connectivity index (χ2n) is 4.26. The Kier molecular flexibility index (Phi) is 4.06. The average Bonchev–Trinajstić information content (AvgIpc) is 2.20. The van der Waals surface area contributed by atoms with Gasteiger partial charge in [-0.2, -0.15) is 0 Å². The second kappa shape index (κ2) is 5.10. The molecule has 3 heteroatoms. The van der Waals surface area contributed by atoms with Crippen molar-refractivity contribution in [2.24, 2.45) is 5.92 Å². The lowest BCUT2D eigenvalue weighted by atomic mass is 10.0. The molecule has 1 rings (SSSR count). The maximum absolute atomic E-state index is 4.59. The van der Waals surface area contributed by atoms with Crippen LogP contribution in [0.3, 0.4) is 0 Å². The van der Waals surface area contributed by atoms with Gasteiger partial charge in [-0.25, -0.2) is 9.97 Å². The first-order valence-electron chi connectivity index (χ1n) is 5.62. The van der Waals surface area contributed by atoms with Gasteiger partial charge in [-0.15, -0.1) is 0 Å². The normalized spacial score (nSPS) is 10.8. The zero-order valence-corrected chi connectivity index (χ0v) is 10.4. The Morgan fingerprint density at radius 2 is 1.93 bits per heavy atom. The first-order chi connectivity index (χ1) is 7.08. The quantitative estimate of drug-likeness (QED) is 0.824. The lowest BCUT2D eigenvalue weighted by Gasteiger charge is -2.12. The standard InChI is InChI=1S/C12H21N3/c1-6-11-14-10(7-8(2)3)9(4)12(13-5)15-11/h8H,6-7H2,1-5H3,(H,13,14,15). The molecule has 1 N–H and O–H groups in total. The van der Waals surface area contributed by atoms with Gasteiger partial charge < -0.3 is 5.32 Å². The molecule has 0 spiro atoms. The van der Waals surface area contributed by atoms with Gasteiger partial charge in [0.1, 0.15) is 11.6 Å². The van der Waals surface area contributed by atoms with Crippen molar-refractivity contribution in [3.05, 3.63) is 17.1 Å². The summed E-state index contributed by atoms with van der Waals surface area (Å²) in [6.07, 6.45) is 1.91. The number of nitrogens with one attached hydrogen (secondary N) is 1. The minimum Gasteiger partial charge on any atom is -0.373 e. The van der Waals surface area contributed by atoms with Crippen LogP contribution in [-0.2, 0) is 12.8 Å². The number of aryl methyl sites for hydroxylation is 1. The smallest absolute Gasteiger partial charge is 0.132 e. The fourth-order valence-electron chi connectivity index (χ4n) is 1.60. The number of hydrogen-bond acceptors (Lipinski definition) is 3. The summed E-state index contributed by atoms with van der Waals surface area (Å²) in [5.41, 5.74) is 2.37. The summed E-state index contributed by atoms with van der Waals surface area (Å²) in [6, 6.07) is 0. The predicted molar refractivity (Wildman–Crippen MR) is 64.2 cm³/mol. The SMILES string of the molecule is CCc1nc(CC(C)C)c(C)c(NC)n1. The van der Waals surface area contributed by atoms with Crippen LogP contribution in [0.25, 0.3) is 0 Å². The molecule has 15 heavy (non-hydrogen) atoms. The van der Waals surface area contributed by atoms with E-state index in [-0.39, 0.29) is 0 Å². The summed E-state index contributed by atoms with van der Waals surface area (Å²) in [4.78, 5) is 9.04. The van der Waals surface area contributed by atoms with Gasteiger partial charge in [-0.05, 0) is 19.3 Å². The van der Waals surface area contributed by atoms with E-state index in [0.29, 0.717) is 5.92 Å². The predicted octanol–water partition coefficient (Wildman–Crippen LogP) is 2.59. The molecule has 84 valence electrons. The van der Waals surface area contributed by atoms with Crippen molar-refractivity contribution in [3.8, 4) is 0 Å². The molecule has 1 aromatic heterocycles. The van der Waals surface area contributed by atoms with Gasteiger partial charge in [-0.3, -0.25) is 0 Å². The molecule has 0 unspecified atom stereocenters. The fraction of sp³-hybridized carbons (Fsp3) is 0.667. The molecule has 0 aliphatic rings. The Balaban J connectivity index is 3.12. The van der Waals surface area contributed by atoms with E-state index in [1.54, 1.807) is 0 Å². The van der Waals surface area contributed by atoms with Crippen LogP contribution >= 0.6 is 0 Å². The highest BCUT2D eigenvalue weighted by Gasteiger charge is 2.10. The van der Waals surface area contributed by atoms with E-state index in [1.807, 2.05) is 7.05 Å². The van der Waals surface area contributed by atoms with Crippen molar-refractivity contribution in [1.82, 2.24) is 9.97 Å². The molecule has 0 bridgehead atoms. The maximum Gasteiger partial charge on any atom is 0.132 e. The Hall–Kier alpha value is -1.12. The van der Waals surface area contributed by atoms with Crippen LogP contribution in [0, 0.1) is 12.8 Å². The third-order valence-corrected chi connectivity index (χ3v) is 2.45. The van der Waals surface area contributed by atoms with Crippen LogP contribution in [0.1, 0.15) is 37.9 Å².